The molecule has 43 heavy (non-hydrogen) atoms. The van der Waals surface area contributed by atoms with Crippen molar-refractivity contribution in [3.8, 4) is 11.3 Å². The van der Waals surface area contributed by atoms with Gasteiger partial charge in [-0.25, -0.2) is 4.98 Å². The first-order chi connectivity index (χ1) is 20.8. The third kappa shape index (κ3) is 4.58. The highest BCUT2D eigenvalue weighted by Gasteiger charge is 2.31. The Morgan fingerprint density at radius 3 is 2.40 bits per heavy atom. The van der Waals surface area contributed by atoms with Crippen LogP contribution in [-0.4, -0.2) is 22.4 Å². The molecule has 4 heterocycles. The largest absolute Gasteiger partial charge is 0.438 e. The topological polar surface area (TPSA) is 50.8 Å². The van der Waals surface area contributed by atoms with Crippen LogP contribution in [0.15, 0.2) is 113 Å². The molecular formula is C39H35N3O. The van der Waals surface area contributed by atoms with E-state index in [2.05, 4.69) is 101 Å². The van der Waals surface area contributed by atoms with Gasteiger partial charge in [0, 0.05) is 45.5 Å². The number of pyridine rings is 1. The average molecular weight is 562 g/mol. The van der Waals surface area contributed by atoms with Crippen molar-refractivity contribution >= 4 is 33.5 Å². The lowest BCUT2D eigenvalue weighted by molar-refractivity contribution is 0.490. The van der Waals surface area contributed by atoms with Crippen molar-refractivity contribution in [3.63, 3.8) is 0 Å². The van der Waals surface area contributed by atoms with E-state index in [4.69, 9.17) is 19.4 Å². The van der Waals surface area contributed by atoms with Crippen LogP contribution in [0.1, 0.15) is 57.7 Å². The van der Waals surface area contributed by atoms with Gasteiger partial charge in [-0.2, -0.15) is 0 Å². The van der Waals surface area contributed by atoms with E-state index in [-0.39, 0.29) is 12.0 Å². The minimum Gasteiger partial charge on any atom is -0.438 e. The number of furan rings is 1. The molecule has 4 heteroatoms. The molecule has 0 spiro atoms. The van der Waals surface area contributed by atoms with Gasteiger partial charge in [-0.1, -0.05) is 61.7 Å². The Labute approximate surface area is 252 Å². The summed E-state index contributed by atoms with van der Waals surface area (Å²) in [6, 6.07) is 21.7. The van der Waals surface area contributed by atoms with Gasteiger partial charge in [0.05, 0.1) is 23.2 Å². The van der Waals surface area contributed by atoms with Gasteiger partial charge < -0.3 is 4.42 Å². The highest BCUT2D eigenvalue weighted by atomic mass is 16.3. The maximum atomic E-state index is 6.47. The zero-order chi connectivity index (χ0) is 29.8. The summed E-state index contributed by atoms with van der Waals surface area (Å²) in [6.45, 7) is 19.0. The van der Waals surface area contributed by atoms with Gasteiger partial charge in [0.15, 0.2) is 0 Å². The Bertz CT molecular complexity index is 2030. The summed E-state index contributed by atoms with van der Waals surface area (Å²) in [5, 5.41) is 2.03. The molecule has 0 saturated carbocycles. The number of allylic oxidation sites excluding steroid dienone is 2. The van der Waals surface area contributed by atoms with E-state index >= 15 is 0 Å². The van der Waals surface area contributed by atoms with Gasteiger partial charge in [-0.05, 0) is 92.3 Å². The fourth-order valence-corrected chi connectivity index (χ4v) is 7.19. The number of aryl methyl sites for hydroxylation is 4. The molecule has 0 amide bonds. The Morgan fingerprint density at radius 1 is 0.860 bits per heavy atom. The molecule has 4 nitrogen and oxygen atoms in total. The van der Waals surface area contributed by atoms with Crippen molar-refractivity contribution in [1.82, 2.24) is 4.98 Å². The van der Waals surface area contributed by atoms with E-state index in [0.29, 0.717) is 12.1 Å². The van der Waals surface area contributed by atoms with Gasteiger partial charge in [0.1, 0.15) is 5.58 Å². The van der Waals surface area contributed by atoms with Crippen LogP contribution in [0.4, 0.5) is 0 Å². The van der Waals surface area contributed by atoms with Crippen LogP contribution in [0.5, 0.6) is 0 Å². The molecule has 212 valence electrons. The van der Waals surface area contributed by atoms with E-state index in [1.54, 1.807) is 0 Å². The van der Waals surface area contributed by atoms with Crippen molar-refractivity contribution in [2.24, 2.45) is 9.98 Å². The smallest absolute Gasteiger partial charge is 0.227 e. The second-order valence-corrected chi connectivity index (χ2v) is 11.9. The third-order valence-electron chi connectivity index (χ3n) is 9.01. The molecule has 0 aliphatic carbocycles. The molecule has 0 bridgehead atoms. The van der Waals surface area contributed by atoms with E-state index < -0.39 is 0 Å². The highest BCUT2D eigenvalue weighted by Crippen LogP contribution is 2.40. The number of hydrogen-bond donors (Lipinski definition) is 0. The molecule has 5 aromatic rings. The summed E-state index contributed by atoms with van der Waals surface area (Å²) in [4.78, 5) is 15.2. The zero-order valence-corrected chi connectivity index (χ0v) is 25.1. The van der Waals surface area contributed by atoms with Crippen LogP contribution >= 0.6 is 0 Å². The summed E-state index contributed by atoms with van der Waals surface area (Å²) in [5.41, 5.74) is 14.6. The second kappa shape index (κ2) is 10.5. The number of rotatable bonds is 3. The van der Waals surface area contributed by atoms with Crippen LogP contribution in [0.2, 0.25) is 0 Å². The number of fused-ring (bicyclic) bond motifs is 7. The molecule has 0 N–H and O–H groups in total. The van der Waals surface area contributed by atoms with Crippen LogP contribution in [-0.2, 0) is 6.42 Å². The van der Waals surface area contributed by atoms with Gasteiger partial charge in [0.2, 0.25) is 5.71 Å². The van der Waals surface area contributed by atoms with E-state index in [1.807, 2.05) is 12.2 Å². The quantitative estimate of drug-likeness (QED) is 0.220. The van der Waals surface area contributed by atoms with Crippen LogP contribution < -0.4 is 0 Å². The van der Waals surface area contributed by atoms with Gasteiger partial charge in [0.25, 0.3) is 0 Å². The minimum atomic E-state index is 0.0537. The van der Waals surface area contributed by atoms with Crippen LogP contribution in [0.3, 0.4) is 0 Å². The van der Waals surface area contributed by atoms with Crippen molar-refractivity contribution in [3.05, 3.63) is 137 Å². The predicted molar refractivity (Wildman–Crippen MR) is 180 cm³/mol. The SMILES string of the molecule is C=CC1=NC(=C)CC2N=C(C=C)c3ccccc3C2CCc2cc3oc4nc(-c5c(C)cc(C)cc5C)ccc4c3cc21. The van der Waals surface area contributed by atoms with E-state index in [9.17, 15) is 0 Å². The fourth-order valence-electron chi connectivity index (χ4n) is 7.19. The second-order valence-electron chi connectivity index (χ2n) is 11.9. The summed E-state index contributed by atoms with van der Waals surface area (Å²) >= 11 is 0. The van der Waals surface area contributed by atoms with Crippen molar-refractivity contribution in [2.75, 3.05) is 0 Å². The summed E-state index contributed by atoms with van der Waals surface area (Å²) < 4.78 is 6.47. The first-order valence-corrected chi connectivity index (χ1v) is 15.0. The molecule has 2 atom stereocenters. The Balaban J connectivity index is 1.36. The number of nitrogens with zero attached hydrogens (tertiary/aromatic N) is 3. The molecular weight excluding hydrogens is 526 g/mol. The molecule has 3 aromatic carbocycles. The first-order valence-electron chi connectivity index (χ1n) is 15.0. The number of aromatic nitrogens is 1. The lowest BCUT2D eigenvalue weighted by atomic mass is 9.78. The van der Waals surface area contributed by atoms with Gasteiger partial charge in [-0.15, -0.1) is 0 Å². The van der Waals surface area contributed by atoms with Crippen LogP contribution in [0, 0.1) is 20.8 Å². The van der Waals surface area contributed by atoms with E-state index in [1.165, 1.54) is 33.4 Å². The van der Waals surface area contributed by atoms with Gasteiger partial charge in [-0.3, -0.25) is 9.98 Å². The number of hydrogen-bond acceptors (Lipinski definition) is 4. The monoisotopic (exact) mass is 561 g/mol. The average Bonchev–Trinajstić information content (AvgIpc) is 3.34. The van der Waals surface area contributed by atoms with Crippen molar-refractivity contribution in [2.45, 2.75) is 52.0 Å². The highest BCUT2D eigenvalue weighted by molar-refractivity contribution is 6.14. The maximum Gasteiger partial charge on any atom is 0.227 e. The van der Waals surface area contributed by atoms with Gasteiger partial charge >= 0.3 is 0 Å². The molecule has 2 aliphatic rings. The lowest BCUT2D eigenvalue weighted by Crippen LogP contribution is -2.27. The van der Waals surface area contributed by atoms with Crippen LogP contribution in [0.25, 0.3) is 33.3 Å². The lowest BCUT2D eigenvalue weighted by Gasteiger charge is -2.32. The fraction of sp³-hybridized carbons (Fsp3) is 0.205. The third-order valence-corrected chi connectivity index (χ3v) is 9.01. The summed E-state index contributed by atoms with van der Waals surface area (Å²) in [6.07, 6.45) is 6.19. The number of benzene rings is 3. The maximum absolute atomic E-state index is 6.47. The molecule has 2 aliphatic heterocycles. The van der Waals surface area contributed by atoms with Crippen molar-refractivity contribution < 1.29 is 4.42 Å². The minimum absolute atomic E-state index is 0.0537. The predicted octanol–water partition coefficient (Wildman–Crippen LogP) is 9.54. The Hall–Kier alpha value is -4.83. The standard InChI is InChI=1S/C39H35N3O/c1-7-33-28-12-10-9-11-27(28)29-14-13-26-20-37-32(21-31(26)34(8-2)40-25(6)19-36(29)41-33)30-15-16-35(42-39(30)43-37)38-23(4)17-22(3)18-24(38)5/h7-12,15-18,20-21,29,36H,1-2,6,13-14,19H2,3-5H3. The summed E-state index contributed by atoms with van der Waals surface area (Å²) in [5.74, 6) is 0.251. The number of aliphatic imine (C=N–C) groups is 2. The molecule has 2 unspecified atom stereocenters. The van der Waals surface area contributed by atoms with Crippen molar-refractivity contribution in [1.29, 1.82) is 0 Å². The molecule has 0 saturated heterocycles. The summed E-state index contributed by atoms with van der Waals surface area (Å²) in [7, 11) is 0. The Kier molecular flexibility index (Phi) is 6.58. The first kappa shape index (κ1) is 27.0. The molecule has 2 aromatic heterocycles. The Morgan fingerprint density at radius 2 is 1.63 bits per heavy atom. The zero-order valence-electron chi connectivity index (χ0n) is 25.1. The van der Waals surface area contributed by atoms with E-state index in [0.717, 1.165) is 63.1 Å². The normalized spacial score (nSPS) is 18.3. The molecule has 7 rings (SSSR count). The molecule has 0 radical (unpaired) electrons. The molecule has 0 fully saturated rings.